The lowest BCUT2D eigenvalue weighted by molar-refractivity contribution is 0.0696. The van der Waals surface area contributed by atoms with Gasteiger partial charge in [0.05, 0.1) is 5.51 Å². The Labute approximate surface area is 78.4 Å². The first-order chi connectivity index (χ1) is 6.16. The first-order valence-electron chi connectivity index (χ1n) is 3.61. The van der Waals surface area contributed by atoms with Crippen molar-refractivity contribution in [1.82, 2.24) is 10.3 Å². The quantitative estimate of drug-likeness (QED) is 0.748. The van der Waals surface area contributed by atoms with E-state index < -0.39 is 11.9 Å². The molecule has 0 aromatic carbocycles. The molecule has 5 nitrogen and oxygen atoms in total. The third-order valence-corrected chi connectivity index (χ3v) is 2.13. The fourth-order valence-corrected chi connectivity index (χ4v) is 1.43. The van der Waals surface area contributed by atoms with Crippen molar-refractivity contribution in [2.24, 2.45) is 0 Å². The molecule has 13 heavy (non-hydrogen) atoms. The molecule has 0 radical (unpaired) electrons. The number of rotatable bonds is 3. The predicted molar refractivity (Wildman–Crippen MR) is 47.1 cm³/mol. The van der Waals surface area contributed by atoms with Gasteiger partial charge < -0.3 is 10.4 Å². The number of hydrogen-bond donors (Lipinski definition) is 2. The van der Waals surface area contributed by atoms with Crippen LogP contribution in [0.15, 0.2) is 5.51 Å². The zero-order valence-corrected chi connectivity index (χ0v) is 7.72. The highest BCUT2D eigenvalue weighted by Crippen LogP contribution is 2.12. The molecule has 0 fully saturated rings. The van der Waals surface area contributed by atoms with E-state index >= 15 is 0 Å². The van der Waals surface area contributed by atoms with Crippen molar-refractivity contribution < 1.29 is 14.7 Å². The fraction of sp³-hybridized carbons (Fsp3) is 0.286. The van der Waals surface area contributed by atoms with Gasteiger partial charge in [-0.05, 0) is 6.92 Å². The van der Waals surface area contributed by atoms with Gasteiger partial charge in [0.2, 0.25) is 0 Å². The molecule has 0 bridgehead atoms. The fourth-order valence-electron chi connectivity index (χ4n) is 0.804. The van der Waals surface area contributed by atoms with E-state index in [1.54, 1.807) is 6.92 Å². The van der Waals surface area contributed by atoms with Crippen LogP contribution in [0.4, 0.5) is 0 Å². The average Bonchev–Trinajstić information content (AvgIpc) is 2.52. The summed E-state index contributed by atoms with van der Waals surface area (Å²) >= 11 is 0.940. The van der Waals surface area contributed by atoms with Gasteiger partial charge in [0.25, 0.3) is 5.91 Å². The second kappa shape index (κ2) is 3.99. The van der Waals surface area contributed by atoms with Gasteiger partial charge in [-0.1, -0.05) is 0 Å². The predicted octanol–water partition coefficient (Wildman–Crippen LogP) is 0.591. The van der Waals surface area contributed by atoms with Crippen LogP contribution < -0.4 is 5.32 Å². The van der Waals surface area contributed by atoms with Crippen molar-refractivity contribution in [1.29, 1.82) is 0 Å². The molecule has 1 amide bonds. The van der Waals surface area contributed by atoms with Crippen LogP contribution in [0, 0.1) is 0 Å². The molecule has 1 rings (SSSR count). The highest BCUT2D eigenvalue weighted by Gasteiger charge is 2.18. The average molecular weight is 200 g/mol. The summed E-state index contributed by atoms with van der Waals surface area (Å²) in [4.78, 5) is 25.4. The minimum Gasteiger partial charge on any atom is -0.477 e. The zero-order chi connectivity index (χ0) is 9.84. The lowest BCUT2D eigenvalue weighted by Gasteiger charge is -1.98. The first-order valence-corrected chi connectivity index (χ1v) is 4.49. The van der Waals surface area contributed by atoms with Gasteiger partial charge in [-0.3, -0.25) is 4.79 Å². The second-order valence-electron chi connectivity index (χ2n) is 2.19. The summed E-state index contributed by atoms with van der Waals surface area (Å²) in [6.45, 7) is 2.21. The highest BCUT2D eigenvalue weighted by molar-refractivity contribution is 7.12. The Kier molecular flexibility index (Phi) is 2.97. The van der Waals surface area contributed by atoms with E-state index in [1.807, 2.05) is 0 Å². The van der Waals surface area contributed by atoms with E-state index in [1.165, 1.54) is 5.51 Å². The molecule has 1 aromatic rings. The molecule has 0 aliphatic heterocycles. The van der Waals surface area contributed by atoms with Gasteiger partial charge in [-0.25, -0.2) is 9.78 Å². The van der Waals surface area contributed by atoms with Crippen molar-refractivity contribution in [2.45, 2.75) is 6.92 Å². The van der Waals surface area contributed by atoms with E-state index in [-0.39, 0.29) is 10.6 Å². The maximum atomic E-state index is 11.2. The molecule has 0 spiro atoms. The van der Waals surface area contributed by atoms with E-state index in [0.717, 1.165) is 11.3 Å². The molecule has 0 aliphatic carbocycles. The molecule has 0 atom stereocenters. The third kappa shape index (κ3) is 2.03. The molecule has 0 aliphatic rings. The Morgan fingerprint density at radius 1 is 1.69 bits per heavy atom. The molecule has 1 heterocycles. The summed E-state index contributed by atoms with van der Waals surface area (Å²) in [5.74, 6) is -1.56. The lowest BCUT2D eigenvalue weighted by atomic mass is 10.3. The van der Waals surface area contributed by atoms with Gasteiger partial charge in [-0.2, -0.15) is 0 Å². The van der Waals surface area contributed by atoms with Crippen LogP contribution in [-0.4, -0.2) is 28.5 Å². The van der Waals surface area contributed by atoms with Crippen LogP contribution in [0.3, 0.4) is 0 Å². The maximum absolute atomic E-state index is 11.2. The topological polar surface area (TPSA) is 79.3 Å². The van der Waals surface area contributed by atoms with Gasteiger partial charge >= 0.3 is 5.97 Å². The molecule has 70 valence electrons. The summed E-state index contributed by atoms with van der Waals surface area (Å²) in [7, 11) is 0. The molecule has 1 aromatic heterocycles. The van der Waals surface area contributed by atoms with Crippen LogP contribution in [0.1, 0.15) is 27.1 Å². The Hall–Kier alpha value is -1.43. The smallest absolute Gasteiger partial charge is 0.348 e. The van der Waals surface area contributed by atoms with Crippen LogP contribution in [0.5, 0.6) is 0 Å². The van der Waals surface area contributed by atoms with Crippen molar-refractivity contribution in [2.75, 3.05) is 6.54 Å². The SMILES string of the molecule is CCNC(=O)c1ncsc1C(=O)O. The van der Waals surface area contributed by atoms with E-state index in [0.29, 0.717) is 6.54 Å². The van der Waals surface area contributed by atoms with Gasteiger partial charge in [-0.15, -0.1) is 11.3 Å². The molecule has 0 unspecified atom stereocenters. The van der Waals surface area contributed by atoms with Crippen molar-refractivity contribution in [3.8, 4) is 0 Å². The van der Waals surface area contributed by atoms with Crippen LogP contribution in [0.25, 0.3) is 0 Å². The Morgan fingerprint density at radius 3 is 2.92 bits per heavy atom. The largest absolute Gasteiger partial charge is 0.477 e. The summed E-state index contributed by atoms with van der Waals surface area (Å²) in [6.07, 6.45) is 0. The van der Waals surface area contributed by atoms with Crippen LogP contribution in [0.2, 0.25) is 0 Å². The van der Waals surface area contributed by atoms with E-state index in [9.17, 15) is 9.59 Å². The summed E-state index contributed by atoms with van der Waals surface area (Å²) in [5, 5.41) is 11.1. The van der Waals surface area contributed by atoms with Crippen LogP contribution in [-0.2, 0) is 0 Å². The molecule has 2 N–H and O–H groups in total. The number of aromatic carboxylic acids is 1. The van der Waals surface area contributed by atoms with Crippen molar-refractivity contribution in [3.05, 3.63) is 16.1 Å². The van der Waals surface area contributed by atoms with Gasteiger partial charge in [0, 0.05) is 6.54 Å². The number of thiazole rings is 1. The molecule has 6 heteroatoms. The number of nitrogens with one attached hydrogen (secondary N) is 1. The number of nitrogens with zero attached hydrogens (tertiary/aromatic N) is 1. The Morgan fingerprint density at radius 2 is 2.38 bits per heavy atom. The summed E-state index contributed by atoms with van der Waals surface area (Å²) < 4.78 is 0. The summed E-state index contributed by atoms with van der Waals surface area (Å²) in [6, 6.07) is 0. The lowest BCUT2D eigenvalue weighted by Crippen LogP contribution is -2.24. The molecular formula is C7H8N2O3S. The van der Waals surface area contributed by atoms with Gasteiger partial charge in [0.1, 0.15) is 4.88 Å². The minimum absolute atomic E-state index is 0.0145. The van der Waals surface area contributed by atoms with E-state index in [2.05, 4.69) is 10.3 Å². The summed E-state index contributed by atoms with van der Waals surface area (Å²) in [5.41, 5.74) is 1.33. The number of carboxylic acid groups (broad SMARTS) is 1. The Bertz CT molecular complexity index is 334. The number of aromatic nitrogens is 1. The third-order valence-electron chi connectivity index (χ3n) is 1.31. The second-order valence-corrected chi connectivity index (χ2v) is 3.05. The Balaban J connectivity index is 2.93. The highest BCUT2D eigenvalue weighted by atomic mass is 32.1. The van der Waals surface area contributed by atoms with E-state index in [4.69, 9.17) is 5.11 Å². The standard InChI is InChI=1S/C7H8N2O3S/c1-2-8-6(10)4-5(7(11)12)13-3-9-4/h3H,2H2,1H3,(H,8,10)(H,11,12). The van der Waals surface area contributed by atoms with Crippen molar-refractivity contribution >= 4 is 23.2 Å². The molecule has 0 saturated heterocycles. The van der Waals surface area contributed by atoms with Crippen LogP contribution >= 0.6 is 11.3 Å². The van der Waals surface area contributed by atoms with Gasteiger partial charge in [0.15, 0.2) is 5.69 Å². The normalized spacial score (nSPS) is 9.62. The first kappa shape index (κ1) is 9.66. The molecule has 0 saturated carbocycles. The zero-order valence-electron chi connectivity index (χ0n) is 6.90. The molecular weight excluding hydrogens is 192 g/mol. The minimum atomic E-state index is -1.12. The maximum Gasteiger partial charge on any atom is 0.348 e. The number of hydrogen-bond acceptors (Lipinski definition) is 4. The number of amides is 1. The number of carbonyl (C=O) groups is 2. The monoisotopic (exact) mass is 200 g/mol. The number of carboxylic acids is 1. The number of carbonyl (C=O) groups excluding carboxylic acids is 1. The van der Waals surface area contributed by atoms with Crippen molar-refractivity contribution in [3.63, 3.8) is 0 Å².